The predicted octanol–water partition coefficient (Wildman–Crippen LogP) is 0.916. The van der Waals surface area contributed by atoms with Crippen molar-refractivity contribution in [2.75, 3.05) is 10.7 Å². The zero-order chi connectivity index (χ0) is 12.3. The SMILES string of the molecule is Cc1cc(C(=O)Nc2ccon2)cc(NN)n1. The molecule has 7 heteroatoms. The minimum absolute atomic E-state index is 0.305. The number of hydrogen-bond donors (Lipinski definition) is 3. The van der Waals surface area contributed by atoms with Crippen molar-refractivity contribution in [1.29, 1.82) is 0 Å². The number of carbonyl (C=O) groups excluding carboxylic acids is 1. The second kappa shape index (κ2) is 4.62. The fraction of sp³-hybridized carbons (Fsp3) is 0.100. The second-order valence-electron chi connectivity index (χ2n) is 3.37. The Kier molecular flexibility index (Phi) is 3.01. The van der Waals surface area contributed by atoms with Crippen LogP contribution in [0.3, 0.4) is 0 Å². The third-order valence-corrected chi connectivity index (χ3v) is 2.04. The number of amides is 1. The van der Waals surface area contributed by atoms with Gasteiger partial charge in [-0.1, -0.05) is 5.16 Å². The molecule has 0 unspecified atom stereocenters. The number of aromatic nitrogens is 2. The fourth-order valence-electron chi connectivity index (χ4n) is 1.34. The summed E-state index contributed by atoms with van der Waals surface area (Å²) in [6.07, 6.45) is 1.38. The number of nitrogen functional groups attached to an aromatic ring is 1. The van der Waals surface area contributed by atoms with E-state index in [4.69, 9.17) is 5.84 Å². The quantitative estimate of drug-likeness (QED) is 0.537. The minimum atomic E-state index is -0.305. The molecule has 7 nitrogen and oxygen atoms in total. The lowest BCUT2D eigenvalue weighted by Gasteiger charge is -2.05. The maximum atomic E-state index is 11.8. The summed E-state index contributed by atoms with van der Waals surface area (Å²) in [6.45, 7) is 1.77. The minimum Gasteiger partial charge on any atom is -0.363 e. The molecule has 0 aliphatic carbocycles. The first-order valence-electron chi connectivity index (χ1n) is 4.86. The zero-order valence-corrected chi connectivity index (χ0v) is 9.10. The Bertz CT molecular complexity index is 523. The Morgan fingerprint density at radius 1 is 1.41 bits per heavy atom. The van der Waals surface area contributed by atoms with Gasteiger partial charge in [0, 0.05) is 17.3 Å². The van der Waals surface area contributed by atoms with Crippen LogP contribution in [0.15, 0.2) is 29.0 Å². The van der Waals surface area contributed by atoms with Gasteiger partial charge >= 0.3 is 0 Å². The monoisotopic (exact) mass is 233 g/mol. The highest BCUT2D eigenvalue weighted by molar-refractivity contribution is 6.04. The standard InChI is InChI=1S/C10H11N5O2/c1-6-4-7(5-9(12-6)14-11)10(16)13-8-2-3-17-15-8/h2-5H,11H2,1H3,(H,12,14)(H,13,15,16). The first-order valence-corrected chi connectivity index (χ1v) is 4.86. The lowest BCUT2D eigenvalue weighted by Crippen LogP contribution is -2.15. The molecule has 0 aliphatic heterocycles. The lowest BCUT2D eigenvalue weighted by atomic mass is 10.2. The van der Waals surface area contributed by atoms with Crippen molar-refractivity contribution >= 4 is 17.5 Å². The Morgan fingerprint density at radius 3 is 2.88 bits per heavy atom. The first kappa shape index (κ1) is 11.1. The van der Waals surface area contributed by atoms with Crippen molar-refractivity contribution in [2.45, 2.75) is 6.92 Å². The summed E-state index contributed by atoms with van der Waals surface area (Å²) in [4.78, 5) is 15.9. The van der Waals surface area contributed by atoms with E-state index in [0.29, 0.717) is 22.9 Å². The molecule has 0 fully saturated rings. The molecule has 4 N–H and O–H groups in total. The molecule has 88 valence electrons. The summed E-state index contributed by atoms with van der Waals surface area (Å²) in [5, 5.41) is 6.16. The van der Waals surface area contributed by atoms with Crippen LogP contribution in [0.25, 0.3) is 0 Å². The van der Waals surface area contributed by atoms with Crippen molar-refractivity contribution in [1.82, 2.24) is 10.1 Å². The summed E-state index contributed by atoms with van der Waals surface area (Å²) < 4.78 is 4.61. The third-order valence-electron chi connectivity index (χ3n) is 2.04. The number of aryl methyl sites for hydroxylation is 1. The third kappa shape index (κ3) is 2.58. The molecule has 2 rings (SSSR count). The van der Waals surface area contributed by atoms with Crippen molar-refractivity contribution in [3.8, 4) is 0 Å². The van der Waals surface area contributed by atoms with Crippen LogP contribution in [-0.2, 0) is 0 Å². The number of nitrogens with one attached hydrogen (secondary N) is 2. The van der Waals surface area contributed by atoms with Crippen molar-refractivity contribution in [3.63, 3.8) is 0 Å². The van der Waals surface area contributed by atoms with Gasteiger partial charge in [-0.25, -0.2) is 10.8 Å². The second-order valence-corrected chi connectivity index (χ2v) is 3.37. The van der Waals surface area contributed by atoms with Gasteiger partial charge in [-0.05, 0) is 19.1 Å². The van der Waals surface area contributed by atoms with Gasteiger partial charge in [-0.2, -0.15) is 0 Å². The molecule has 0 aliphatic rings. The van der Waals surface area contributed by atoms with Crippen molar-refractivity contribution in [3.05, 3.63) is 35.7 Å². The number of nitrogens with two attached hydrogens (primary N) is 1. The maximum absolute atomic E-state index is 11.8. The van der Waals surface area contributed by atoms with Gasteiger partial charge < -0.3 is 15.3 Å². The molecule has 1 amide bonds. The van der Waals surface area contributed by atoms with Gasteiger partial charge in [0.25, 0.3) is 5.91 Å². The Hall–Kier alpha value is -2.41. The van der Waals surface area contributed by atoms with Crippen LogP contribution in [0.5, 0.6) is 0 Å². The Morgan fingerprint density at radius 2 is 2.24 bits per heavy atom. The van der Waals surface area contributed by atoms with Gasteiger partial charge in [-0.15, -0.1) is 0 Å². The normalized spacial score (nSPS) is 10.0. The summed E-state index contributed by atoms with van der Waals surface area (Å²) in [5.41, 5.74) is 3.52. The number of anilines is 2. The van der Waals surface area contributed by atoms with Crippen LogP contribution < -0.4 is 16.6 Å². The van der Waals surface area contributed by atoms with Crippen LogP contribution in [-0.4, -0.2) is 16.0 Å². The maximum Gasteiger partial charge on any atom is 0.257 e. The summed E-state index contributed by atoms with van der Waals surface area (Å²) in [7, 11) is 0. The van der Waals surface area contributed by atoms with Crippen LogP contribution in [0.4, 0.5) is 11.6 Å². The zero-order valence-electron chi connectivity index (χ0n) is 9.10. The molecule has 0 radical (unpaired) electrons. The number of carbonyl (C=O) groups is 1. The Labute approximate surface area is 97.0 Å². The average Bonchev–Trinajstić information content (AvgIpc) is 2.81. The van der Waals surface area contributed by atoms with E-state index in [9.17, 15) is 4.79 Å². The largest absolute Gasteiger partial charge is 0.363 e. The Balaban J connectivity index is 2.21. The van der Waals surface area contributed by atoms with E-state index in [1.165, 1.54) is 6.26 Å². The van der Waals surface area contributed by atoms with E-state index in [1.807, 2.05) is 0 Å². The fourth-order valence-corrected chi connectivity index (χ4v) is 1.34. The topological polar surface area (TPSA) is 106 Å². The summed E-state index contributed by atoms with van der Waals surface area (Å²) >= 11 is 0. The lowest BCUT2D eigenvalue weighted by molar-refractivity contribution is 0.102. The van der Waals surface area contributed by atoms with Gasteiger partial charge in [0.05, 0.1) is 0 Å². The van der Waals surface area contributed by atoms with Crippen LogP contribution in [0.1, 0.15) is 16.1 Å². The van der Waals surface area contributed by atoms with E-state index >= 15 is 0 Å². The number of pyridine rings is 1. The molecule has 17 heavy (non-hydrogen) atoms. The molecule has 0 aromatic carbocycles. The first-order chi connectivity index (χ1) is 8.19. The van der Waals surface area contributed by atoms with Gasteiger partial charge in [0.1, 0.15) is 12.1 Å². The summed E-state index contributed by atoms with van der Waals surface area (Å²) in [5.74, 6) is 5.73. The molecule has 0 atom stereocenters. The molecule has 0 spiro atoms. The highest BCUT2D eigenvalue weighted by Gasteiger charge is 2.09. The number of hydrogen-bond acceptors (Lipinski definition) is 6. The molecule has 2 aromatic heterocycles. The van der Waals surface area contributed by atoms with Crippen molar-refractivity contribution < 1.29 is 9.32 Å². The number of rotatable bonds is 3. The predicted molar refractivity (Wildman–Crippen MR) is 61.2 cm³/mol. The number of nitrogens with zero attached hydrogens (tertiary/aromatic N) is 2. The number of hydrazine groups is 1. The average molecular weight is 233 g/mol. The smallest absolute Gasteiger partial charge is 0.257 e. The summed E-state index contributed by atoms with van der Waals surface area (Å²) in [6, 6.07) is 4.74. The van der Waals surface area contributed by atoms with E-state index in [2.05, 4.69) is 25.4 Å². The molecule has 0 saturated heterocycles. The molecule has 0 saturated carbocycles. The van der Waals surface area contributed by atoms with E-state index in [-0.39, 0.29) is 5.91 Å². The van der Waals surface area contributed by atoms with Crippen LogP contribution in [0.2, 0.25) is 0 Å². The van der Waals surface area contributed by atoms with Crippen molar-refractivity contribution in [2.24, 2.45) is 5.84 Å². The molecular weight excluding hydrogens is 222 g/mol. The van der Waals surface area contributed by atoms with Crippen LogP contribution in [0, 0.1) is 6.92 Å². The van der Waals surface area contributed by atoms with Gasteiger partial charge in [-0.3, -0.25) is 4.79 Å². The van der Waals surface area contributed by atoms with Gasteiger partial charge in [0.15, 0.2) is 5.82 Å². The van der Waals surface area contributed by atoms with E-state index in [1.54, 1.807) is 25.1 Å². The highest BCUT2D eigenvalue weighted by Crippen LogP contribution is 2.11. The molecule has 2 heterocycles. The van der Waals surface area contributed by atoms with E-state index in [0.717, 1.165) is 0 Å². The molecule has 0 bridgehead atoms. The van der Waals surface area contributed by atoms with Crippen LogP contribution >= 0.6 is 0 Å². The van der Waals surface area contributed by atoms with Gasteiger partial charge in [0.2, 0.25) is 0 Å². The molecule has 2 aromatic rings. The highest BCUT2D eigenvalue weighted by atomic mass is 16.5. The van der Waals surface area contributed by atoms with E-state index < -0.39 is 0 Å². The molecular formula is C10H11N5O2.